The van der Waals surface area contributed by atoms with E-state index in [4.69, 9.17) is 11.6 Å². The number of sulfonamides is 1. The minimum Gasteiger partial charge on any atom is -0.352 e. The van der Waals surface area contributed by atoms with Crippen LogP contribution in [0, 0.1) is 13.8 Å². The SMILES string of the molecule is CC[C@H](C)NC(=O)[C@@H](C)N(Cc1ccc(C)cc1)C(=O)CN(c1cccc(Cl)c1C)S(C)(=O)=O. The minimum atomic E-state index is -3.81. The van der Waals surface area contributed by atoms with Crippen molar-refractivity contribution in [1.29, 1.82) is 0 Å². The van der Waals surface area contributed by atoms with E-state index in [9.17, 15) is 18.0 Å². The van der Waals surface area contributed by atoms with Crippen molar-refractivity contribution in [2.75, 3.05) is 17.1 Å². The topological polar surface area (TPSA) is 86.8 Å². The molecule has 0 saturated carbocycles. The standard InChI is InChI=1S/C25H34ClN3O4S/c1-7-18(3)27-25(31)20(5)28(15-21-13-11-17(2)12-14-21)24(30)16-29(34(6,32)33)23-10-8-9-22(26)19(23)4/h8-14,18,20H,7,15-16H2,1-6H3,(H,27,31)/t18-,20+/m0/s1. The number of benzene rings is 2. The Bertz CT molecular complexity index is 1120. The second-order valence-corrected chi connectivity index (χ2v) is 11.0. The lowest BCUT2D eigenvalue weighted by atomic mass is 10.1. The quantitative estimate of drug-likeness (QED) is 0.525. The van der Waals surface area contributed by atoms with Crippen molar-refractivity contribution in [3.8, 4) is 0 Å². The first-order valence-electron chi connectivity index (χ1n) is 11.2. The third kappa shape index (κ3) is 7.21. The molecule has 0 spiro atoms. The predicted octanol–water partition coefficient (Wildman–Crippen LogP) is 4.05. The van der Waals surface area contributed by atoms with Crippen molar-refractivity contribution in [3.05, 3.63) is 64.2 Å². The normalized spacial score (nSPS) is 13.1. The Hall–Kier alpha value is -2.58. The Labute approximate surface area is 208 Å². The molecule has 1 N–H and O–H groups in total. The highest BCUT2D eigenvalue weighted by molar-refractivity contribution is 7.92. The Kier molecular flexibility index (Phi) is 9.53. The van der Waals surface area contributed by atoms with E-state index in [0.717, 1.165) is 28.1 Å². The minimum absolute atomic E-state index is 0.0482. The summed E-state index contributed by atoms with van der Waals surface area (Å²) in [5.41, 5.74) is 2.79. The fraction of sp³-hybridized carbons (Fsp3) is 0.440. The molecule has 0 saturated heterocycles. The van der Waals surface area contributed by atoms with Gasteiger partial charge in [0.25, 0.3) is 0 Å². The molecule has 0 unspecified atom stereocenters. The van der Waals surface area contributed by atoms with Gasteiger partial charge in [0.05, 0.1) is 11.9 Å². The van der Waals surface area contributed by atoms with Gasteiger partial charge in [-0.25, -0.2) is 8.42 Å². The summed E-state index contributed by atoms with van der Waals surface area (Å²) in [5, 5.41) is 3.31. The summed E-state index contributed by atoms with van der Waals surface area (Å²) in [6.45, 7) is 8.89. The first-order valence-corrected chi connectivity index (χ1v) is 13.5. The summed E-state index contributed by atoms with van der Waals surface area (Å²) in [5.74, 6) is -0.781. The number of hydrogen-bond donors (Lipinski definition) is 1. The molecule has 7 nitrogen and oxygen atoms in total. The summed E-state index contributed by atoms with van der Waals surface area (Å²) in [4.78, 5) is 27.9. The van der Waals surface area contributed by atoms with Gasteiger partial charge in [-0.2, -0.15) is 0 Å². The summed E-state index contributed by atoms with van der Waals surface area (Å²) < 4.78 is 26.4. The van der Waals surface area contributed by atoms with Crippen LogP contribution in [0.1, 0.15) is 43.9 Å². The number of aryl methyl sites for hydroxylation is 1. The highest BCUT2D eigenvalue weighted by Crippen LogP contribution is 2.28. The van der Waals surface area contributed by atoms with E-state index in [0.29, 0.717) is 16.3 Å². The van der Waals surface area contributed by atoms with Crippen molar-refractivity contribution in [3.63, 3.8) is 0 Å². The van der Waals surface area contributed by atoms with Crippen LogP contribution in [0.15, 0.2) is 42.5 Å². The molecule has 0 radical (unpaired) electrons. The van der Waals surface area contributed by atoms with Gasteiger partial charge in [0, 0.05) is 17.6 Å². The molecular formula is C25H34ClN3O4S. The van der Waals surface area contributed by atoms with Crippen LogP contribution in [0.2, 0.25) is 5.02 Å². The zero-order valence-corrected chi connectivity index (χ0v) is 22.2. The molecule has 186 valence electrons. The lowest BCUT2D eigenvalue weighted by Crippen LogP contribution is -2.52. The van der Waals surface area contributed by atoms with Gasteiger partial charge < -0.3 is 10.2 Å². The van der Waals surface area contributed by atoms with E-state index in [1.165, 1.54) is 4.90 Å². The van der Waals surface area contributed by atoms with E-state index in [1.54, 1.807) is 32.0 Å². The average molecular weight is 508 g/mol. The lowest BCUT2D eigenvalue weighted by Gasteiger charge is -2.32. The lowest BCUT2D eigenvalue weighted by molar-refractivity contribution is -0.139. The van der Waals surface area contributed by atoms with Crippen LogP contribution in [0.4, 0.5) is 5.69 Å². The molecule has 0 fully saturated rings. The van der Waals surface area contributed by atoms with Crippen molar-refractivity contribution < 1.29 is 18.0 Å². The number of carbonyl (C=O) groups excluding carboxylic acids is 2. The van der Waals surface area contributed by atoms with Gasteiger partial charge in [0.2, 0.25) is 21.8 Å². The third-order valence-electron chi connectivity index (χ3n) is 5.83. The number of rotatable bonds is 10. The molecule has 0 aliphatic carbocycles. The van der Waals surface area contributed by atoms with E-state index < -0.39 is 28.5 Å². The molecule has 0 heterocycles. The number of carbonyl (C=O) groups is 2. The highest BCUT2D eigenvalue weighted by Gasteiger charge is 2.31. The molecule has 0 bridgehead atoms. The van der Waals surface area contributed by atoms with Gasteiger partial charge in [-0.3, -0.25) is 13.9 Å². The summed E-state index contributed by atoms with van der Waals surface area (Å²) in [6, 6.07) is 11.7. The van der Waals surface area contributed by atoms with Crippen LogP contribution in [0.5, 0.6) is 0 Å². The summed E-state index contributed by atoms with van der Waals surface area (Å²) >= 11 is 6.21. The molecule has 0 aliphatic heterocycles. The van der Waals surface area contributed by atoms with Crippen LogP contribution < -0.4 is 9.62 Å². The maximum Gasteiger partial charge on any atom is 0.244 e. The van der Waals surface area contributed by atoms with E-state index in [-0.39, 0.29) is 18.5 Å². The monoisotopic (exact) mass is 507 g/mol. The van der Waals surface area contributed by atoms with Crippen LogP contribution >= 0.6 is 11.6 Å². The van der Waals surface area contributed by atoms with Crippen LogP contribution in [-0.2, 0) is 26.2 Å². The maximum absolute atomic E-state index is 13.5. The Balaban J connectivity index is 2.42. The van der Waals surface area contributed by atoms with Gasteiger partial charge in [-0.15, -0.1) is 0 Å². The molecule has 2 aromatic carbocycles. The van der Waals surface area contributed by atoms with Crippen LogP contribution in [0.25, 0.3) is 0 Å². The van der Waals surface area contributed by atoms with Crippen LogP contribution in [-0.4, -0.2) is 50.0 Å². The van der Waals surface area contributed by atoms with Gasteiger partial charge in [-0.05, 0) is 57.4 Å². The third-order valence-corrected chi connectivity index (χ3v) is 7.36. The maximum atomic E-state index is 13.5. The number of nitrogens with one attached hydrogen (secondary N) is 1. The van der Waals surface area contributed by atoms with Crippen molar-refractivity contribution in [1.82, 2.24) is 10.2 Å². The fourth-order valence-corrected chi connectivity index (χ4v) is 4.47. The molecule has 2 aromatic rings. The molecule has 0 aromatic heterocycles. The number of nitrogens with zero attached hydrogens (tertiary/aromatic N) is 2. The second-order valence-electron chi connectivity index (χ2n) is 8.65. The van der Waals surface area contributed by atoms with Gasteiger partial charge in [0.1, 0.15) is 12.6 Å². The van der Waals surface area contributed by atoms with Crippen molar-refractivity contribution in [2.45, 2.75) is 59.7 Å². The van der Waals surface area contributed by atoms with Crippen molar-refractivity contribution in [2.24, 2.45) is 0 Å². The second kappa shape index (κ2) is 11.7. The number of anilines is 1. The highest BCUT2D eigenvalue weighted by atomic mass is 35.5. The Morgan fingerprint density at radius 3 is 2.24 bits per heavy atom. The van der Waals surface area contributed by atoms with E-state index >= 15 is 0 Å². The first-order chi connectivity index (χ1) is 15.8. The van der Waals surface area contributed by atoms with E-state index in [1.807, 2.05) is 45.0 Å². The predicted molar refractivity (Wildman–Crippen MR) is 137 cm³/mol. The van der Waals surface area contributed by atoms with Gasteiger partial charge >= 0.3 is 0 Å². The fourth-order valence-electron chi connectivity index (χ4n) is 3.40. The number of hydrogen-bond acceptors (Lipinski definition) is 4. The molecule has 0 aliphatic rings. The Morgan fingerprint density at radius 2 is 1.68 bits per heavy atom. The zero-order valence-electron chi connectivity index (χ0n) is 20.6. The first kappa shape index (κ1) is 27.7. The summed E-state index contributed by atoms with van der Waals surface area (Å²) in [7, 11) is -3.81. The molecule has 34 heavy (non-hydrogen) atoms. The van der Waals surface area contributed by atoms with E-state index in [2.05, 4.69) is 5.32 Å². The van der Waals surface area contributed by atoms with Gasteiger partial charge in [0.15, 0.2) is 0 Å². The zero-order chi connectivity index (χ0) is 25.6. The number of amides is 2. The molecule has 9 heteroatoms. The largest absolute Gasteiger partial charge is 0.352 e. The molecule has 2 atom stereocenters. The number of halogens is 1. The Morgan fingerprint density at radius 1 is 1.06 bits per heavy atom. The average Bonchev–Trinajstić information content (AvgIpc) is 2.77. The molecule has 2 rings (SSSR count). The van der Waals surface area contributed by atoms with Crippen LogP contribution in [0.3, 0.4) is 0 Å². The van der Waals surface area contributed by atoms with Gasteiger partial charge in [-0.1, -0.05) is 54.4 Å². The van der Waals surface area contributed by atoms with Crippen molar-refractivity contribution >= 4 is 39.1 Å². The summed E-state index contributed by atoms with van der Waals surface area (Å²) in [6.07, 6.45) is 1.80. The smallest absolute Gasteiger partial charge is 0.244 e. The molecule has 2 amide bonds. The molecular weight excluding hydrogens is 474 g/mol.